The SMILES string of the molecule is CCCCN(CCCC)S(=O)(=O)c1cc(CN)sc1C. The largest absolute Gasteiger partial charge is 0.326 e. The molecule has 0 amide bonds. The van der Waals surface area contributed by atoms with Crippen LogP contribution >= 0.6 is 11.3 Å². The van der Waals surface area contributed by atoms with E-state index in [1.165, 1.54) is 11.3 Å². The zero-order valence-corrected chi connectivity index (χ0v) is 14.3. The molecule has 0 aliphatic heterocycles. The number of hydrogen-bond acceptors (Lipinski definition) is 4. The Labute approximate surface area is 127 Å². The molecule has 0 aromatic carbocycles. The fourth-order valence-electron chi connectivity index (χ4n) is 2.04. The van der Waals surface area contributed by atoms with Crippen LogP contribution in [0.3, 0.4) is 0 Å². The van der Waals surface area contributed by atoms with E-state index in [0.717, 1.165) is 35.4 Å². The minimum Gasteiger partial charge on any atom is -0.326 e. The quantitative estimate of drug-likeness (QED) is 0.761. The molecule has 0 saturated heterocycles. The normalized spacial score (nSPS) is 12.2. The predicted octanol–water partition coefficient (Wildman–Crippen LogP) is 3.11. The number of nitrogens with two attached hydrogens (primary N) is 1. The van der Waals surface area contributed by atoms with Gasteiger partial charge in [-0.1, -0.05) is 26.7 Å². The van der Waals surface area contributed by atoms with Crippen molar-refractivity contribution in [1.29, 1.82) is 0 Å². The molecule has 0 aliphatic carbocycles. The third-order valence-electron chi connectivity index (χ3n) is 3.26. The number of aryl methyl sites for hydroxylation is 1. The topological polar surface area (TPSA) is 63.4 Å². The van der Waals surface area contributed by atoms with Gasteiger partial charge in [0, 0.05) is 29.4 Å². The summed E-state index contributed by atoms with van der Waals surface area (Å²) >= 11 is 1.48. The average molecular weight is 319 g/mol. The van der Waals surface area contributed by atoms with E-state index in [1.807, 2.05) is 6.92 Å². The van der Waals surface area contributed by atoms with Crippen LogP contribution in [0.4, 0.5) is 0 Å². The molecule has 116 valence electrons. The van der Waals surface area contributed by atoms with Crippen molar-refractivity contribution in [2.24, 2.45) is 5.73 Å². The molecular weight excluding hydrogens is 292 g/mol. The van der Waals surface area contributed by atoms with Crippen LogP contribution in [0, 0.1) is 6.92 Å². The minimum atomic E-state index is -3.38. The van der Waals surface area contributed by atoms with E-state index in [9.17, 15) is 8.42 Å². The fraction of sp³-hybridized carbons (Fsp3) is 0.714. The molecule has 20 heavy (non-hydrogen) atoms. The van der Waals surface area contributed by atoms with E-state index in [0.29, 0.717) is 24.5 Å². The summed E-state index contributed by atoms with van der Waals surface area (Å²) in [5, 5.41) is 0. The number of nitrogens with zero attached hydrogens (tertiary/aromatic N) is 1. The van der Waals surface area contributed by atoms with E-state index < -0.39 is 10.0 Å². The summed E-state index contributed by atoms with van der Waals surface area (Å²) in [7, 11) is -3.38. The summed E-state index contributed by atoms with van der Waals surface area (Å²) in [5.74, 6) is 0. The lowest BCUT2D eigenvalue weighted by Crippen LogP contribution is -2.33. The van der Waals surface area contributed by atoms with Crippen molar-refractivity contribution in [1.82, 2.24) is 4.31 Å². The Morgan fingerprint density at radius 3 is 2.15 bits per heavy atom. The Bertz CT molecular complexity index is 501. The maximum absolute atomic E-state index is 12.8. The molecule has 1 aromatic heterocycles. The molecule has 0 atom stereocenters. The third kappa shape index (κ3) is 4.28. The molecule has 0 fully saturated rings. The van der Waals surface area contributed by atoms with Crippen molar-refractivity contribution in [3.05, 3.63) is 15.8 Å². The lowest BCUT2D eigenvalue weighted by Gasteiger charge is -2.21. The van der Waals surface area contributed by atoms with Crippen molar-refractivity contribution in [3.8, 4) is 0 Å². The summed E-state index contributed by atoms with van der Waals surface area (Å²) in [6.07, 6.45) is 3.79. The van der Waals surface area contributed by atoms with Gasteiger partial charge in [0.05, 0.1) is 4.90 Å². The molecule has 0 saturated carbocycles. The highest BCUT2D eigenvalue weighted by Crippen LogP contribution is 2.28. The second kappa shape index (κ2) is 8.12. The van der Waals surface area contributed by atoms with Crippen LogP contribution in [0.25, 0.3) is 0 Å². The van der Waals surface area contributed by atoms with Gasteiger partial charge in [-0.2, -0.15) is 4.31 Å². The molecule has 4 nitrogen and oxygen atoms in total. The minimum absolute atomic E-state index is 0.394. The average Bonchev–Trinajstić information content (AvgIpc) is 2.80. The molecule has 6 heteroatoms. The molecule has 0 unspecified atom stereocenters. The number of thiophene rings is 1. The molecular formula is C14H26N2O2S2. The highest BCUT2D eigenvalue weighted by molar-refractivity contribution is 7.89. The first kappa shape index (κ1) is 17.6. The molecule has 0 spiro atoms. The van der Waals surface area contributed by atoms with Gasteiger partial charge in [0.1, 0.15) is 0 Å². The lowest BCUT2D eigenvalue weighted by molar-refractivity contribution is 0.395. The second-order valence-electron chi connectivity index (χ2n) is 4.95. The molecule has 0 radical (unpaired) electrons. The molecule has 1 heterocycles. The van der Waals surface area contributed by atoms with Crippen LogP contribution < -0.4 is 5.73 Å². The van der Waals surface area contributed by atoms with Crippen LogP contribution in [0.1, 0.15) is 49.3 Å². The Morgan fingerprint density at radius 1 is 1.20 bits per heavy atom. The smallest absolute Gasteiger partial charge is 0.244 e. The Morgan fingerprint density at radius 2 is 1.75 bits per heavy atom. The number of rotatable bonds is 9. The van der Waals surface area contributed by atoms with Crippen molar-refractivity contribution in [2.75, 3.05) is 13.1 Å². The maximum Gasteiger partial charge on any atom is 0.244 e. The number of hydrogen-bond donors (Lipinski definition) is 1. The first-order chi connectivity index (χ1) is 9.47. The van der Waals surface area contributed by atoms with Gasteiger partial charge in [-0.25, -0.2) is 8.42 Å². The second-order valence-corrected chi connectivity index (χ2v) is 8.20. The summed E-state index contributed by atoms with van der Waals surface area (Å²) in [5.41, 5.74) is 5.61. The van der Waals surface area contributed by atoms with Gasteiger partial charge in [-0.15, -0.1) is 11.3 Å². The van der Waals surface area contributed by atoms with Crippen LogP contribution in [0.15, 0.2) is 11.0 Å². The van der Waals surface area contributed by atoms with E-state index >= 15 is 0 Å². The zero-order chi connectivity index (χ0) is 15.2. The van der Waals surface area contributed by atoms with Crippen LogP contribution in [-0.2, 0) is 16.6 Å². The standard InChI is InChI=1S/C14H26N2O2S2/c1-4-6-8-16(9-7-5-2)20(17,18)14-10-13(11-15)19-12(14)3/h10H,4-9,11,15H2,1-3H3. The van der Waals surface area contributed by atoms with Crippen molar-refractivity contribution >= 4 is 21.4 Å². The zero-order valence-electron chi connectivity index (χ0n) is 12.7. The highest BCUT2D eigenvalue weighted by atomic mass is 32.2. The van der Waals surface area contributed by atoms with Crippen LogP contribution in [0.2, 0.25) is 0 Å². The summed E-state index contributed by atoms with van der Waals surface area (Å²) < 4.78 is 27.2. The van der Waals surface area contributed by atoms with Gasteiger partial charge in [0.15, 0.2) is 0 Å². The first-order valence-corrected chi connectivity index (χ1v) is 9.52. The van der Waals surface area contributed by atoms with Gasteiger partial charge in [-0.3, -0.25) is 0 Å². The van der Waals surface area contributed by atoms with E-state index in [-0.39, 0.29) is 0 Å². The lowest BCUT2D eigenvalue weighted by atomic mass is 10.3. The van der Waals surface area contributed by atoms with E-state index in [4.69, 9.17) is 5.73 Å². The molecule has 0 aliphatic rings. The summed E-state index contributed by atoms with van der Waals surface area (Å²) in [6.45, 7) is 7.61. The number of unbranched alkanes of at least 4 members (excludes halogenated alkanes) is 2. The van der Waals surface area contributed by atoms with Crippen molar-refractivity contribution < 1.29 is 8.42 Å². The molecule has 1 rings (SSSR count). The van der Waals surface area contributed by atoms with Crippen molar-refractivity contribution in [2.45, 2.75) is 57.9 Å². The Balaban J connectivity index is 3.03. The van der Waals surface area contributed by atoms with Crippen LogP contribution in [0.5, 0.6) is 0 Å². The highest BCUT2D eigenvalue weighted by Gasteiger charge is 2.26. The maximum atomic E-state index is 12.8. The van der Waals surface area contributed by atoms with Gasteiger partial charge in [-0.05, 0) is 25.8 Å². The Hall–Kier alpha value is -0.430. The van der Waals surface area contributed by atoms with Crippen molar-refractivity contribution in [3.63, 3.8) is 0 Å². The van der Waals surface area contributed by atoms with E-state index in [2.05, 4.69) is 13.8 Å². The van der Waals surface area contributed by atoms with Crippen LogP contribution in [-0.4, -0.2) is 25.8 Å². The van der Waals surface area contributed by atoms with Gasteiger partial charge in [0.25, 0.3) is 0 Å². The Kier molecular flexibility index (Phi) is 7.15. The fourth-order valence-corrected chi connectivity index (χ4v) is 5.04. The third-order valence-corrected chi connectivity index (χ3v) is 6.49. The molecule has 1 aromatic rings. The number of sulfonamides is 1. The van der Waals surface area contributed by atoms with Gasteiger partial charge < -0.3 is 5.73 Å². The predicted molar refractivity (Wildman–Crippen MR) is 85.5 cm³/mol. The first-order valence-electron chi connectivity index (χ1n) is 7.26. The summed E-state index contributed by atoms with van der Waals surface area (Å²) in [6, 6.07) is 1.74. The van der Waals surface area contributed by atoms with Gasteiger partial charge >= 0.3 is 0 Å². The summed E-state index contributed by atoms with van der Waals surface area (Å²) in [4.78, 5) is 2.20. The molecule has 0 bridgehead atoms. The van der Waals surface area contributed by atoms with Gasteiger partial charge in [0.2, 0.25) is 10.0 Å². The van der Waals surface area contributed by atoms with E-state index in [1.54, 1.807) is 10.4 Å². The monoisotopic (exact) mass is 318 g/mol. The molecule has 2 N–H and O–H groups in total.